The molecule has 4 heterocycles. The summed E-state index contributed by atoms with van der Waals surface area (Å²) in [7, 11) is 0. The van der Waals surface area contributed by atoms with Crippen LogP contribution in [0.4, 0.5) is 33.0 Å². The third-order valence-electron chi connectivity index (χ3n) is 10.3. The van der Waals surface area contributed by atoms with E-state index >= 15 is 13.2 Å². The van der Waals surface area contributed by atoms with Crippen molar-refractivity contribution in [3.8, 4) is 11.1 Å². The monoisotopic (exact) mass is 781 g/mol. The lowest BCUT2D eigenvalue weighted by molar-refractivity contribution is -0.137. The number of carbonyl (C=O) groups excluding carboxylic acids is 2. The molecule has 0 bridgehead atoms. The number of thioether (sulfide) groups is 1. The fourth-order valence-corrected chi connectivity index (χ4v) is 9.03. The number of aromatic nitrogens is 2. The number of halogens is 4. The van der Waals surface area contributed by atoms with Crippen LogP contribution in [0.25, 0.3) is 22.0 Å². The van der Waals surface area contributed by atoms with Gasteiger partial charge in [0.2, 0.25) is 0 Å². The van der Waals surface area contributed by atoms with Gasteiger partial charge in [-0.1, -0.05) is 42.5 Å². The van der Waals surface area contributed by atoms with Crippen molar-refractivity contribution in [3.63, 3.8) is 0 Å². The van der Waals surface area contributed by atoms with Gasteiger partial charge in [0.1, 0.15) is 23.8 Å². The predicted molar refractivity (Wildman–Crippen MR) is 202 cm³/mol. The second-order valence-corrected chi connectivity index (χ2v) is 16.6. The number of hydrogen-bond donors (Lipinski definition) is 0. The standard InChI is InChI=1S/C40H43F4N5O5S/c1-23-18-48(38(52)54-39(3,4)5)24(2)17-47(23)35-30-16-31(40(42,43)44)32(27-11-13-28(41)14-12-27)34-33(30)49(36(50)45-35)29(22-55-34)15-26-19-46(20-26)37(51)53-21-25-9-7-6-8-10-25/h6-14,16,23-24,26,29H,15,17-22H2,1-5H3/t23-,24+,29-/m0/s1. The molecule has 2 amide bonds. The highest BCUT2D eigenvalue weighted by atomic mass is 32.2. The van der Waals surface area contributed by atoms with Crippen LogP contribution >= 0.6 is 11.8 Å². The van der Waals surface area contributed by atoms with Crippen LogP contribution in [-0.2, 0) is 22.3 Å². The fourth-order valence-electron chi connectivity index (χ4n) is 7.67. The number of carbonyl (C=O) groups is 2. The van der Waals surface area contributed by atoms with Crippen molar-refractivity contribution >= 4 is 40.7 Å². The summed E-state index contributed by atoms with van der Waals surface area (Å²) in [4.78, 5) is 49.9. The van der Waals surface area contributed by atoms with E-state index in [9.17, 15) is 18.8 Å². The van der Waals surface area contributed by atoms with E-state index in [1.807, 2.05) is 44.2 Å². The summed E-state index contributed by atoms with van der Waals surface area (Å²) in [5, 5.41) is 0.162. The number of rotatable bonds is 6. The lowest BCUT2D eigenvalue weighted by Gasteiger charge is -2.45. The Kier molecular flexibility index (Phi) is 10.3. The molecule has 2 fully saturated rings. The van der Waals surface area contributed by atoms with E-state index in [-0.39, 0.29) is 58.6 Å². The van der Waals surface area contributed by atoms with E-state index in [0.717, 1.165) is 23.8 Å². The van der Waals surface area contributed by atoms with Gasteiger partial charge in [0, 0.05) is 65.9 Å². The van der Waals surface area contributed by atoms with Gasteiger partial charge in [-0.15, -0.1) is 11.8 Å². The molecule has 292 valence electrons. The molecule has 4 aromatic rings. The number of likely N-dealkylation sites (tertiary alicyclic amines) is 1. The molecule has 2 saturated heterocycles. The molecule has 0 saturated carbocycles. The number of amides is 2. The molecule has 3 atom stereocenters. The van der Waals surface area contributed by atoms with Crippen molar-refractivity contribution in [2.75, 3.05) is 36.8 Å². The van der Waals surface area contributed by atoms with Gasteiger partial charge in [0.05, 0.1) is 11.1 Å². The van der Waals surface area contributed by atoms with Gasteiger partial charge in [-0.2, -0.15) is 18.2 Å². The number of piperazine rings is 1. The molecule has 3 aliphatic heterocycles. The Morgan fingerprint density at radius 1 is 0.927 bits per heavy atom. The third-order valence-corrected chi connectivity index (χ3v) is 11.5. The Morgan fingerprint density at radius 3 is 2.27 bits per heavy atom. The second kappa shape index (κ2) is 14.7. The van der Waals surface area contributed by atoms with E-state index < -0.39 is 59.2 Å². The quantitative estimate of drug-likeness (QED) is 0.180. The largest absolute Gasteiger partial charge is 0.445 e. The van der Waals surface area contributed by atoms with E-state index in [1.54, 1.807) is 35.5 Å². The number of nitrogens with zero attached hydrogens (tertiary/aromatic N) is 5. The average molecular weight is 782 g/mol. The molecule has 55 heavy (non-hydrogen) atoms. The van der Waals surface area contributed by atoms with Crippen LogP contribution in [0.3, 0.4) is 0 Å². The number of hydrogen-bond acceptors (Lipinski definition) is 8. The highest BCUT2D eigenvalue weighted by molar-refractivity contribution is 7.99. The Bertz CT molecular complexity index is 2150. The minimum absolute atomic E-state index is 0.0193. The molecule has 0 spiro atoms. The smallest absolute Gasteiger partial charge is 0.417 e. The Labute approximate surface area is 320 Å². The van der Waals surface area contributed by atoms with E-state index in [0.29, 0.717) is 25.0 Å². The van der Waals surface area contributed by atoms with Crippen molar-refractivity contribution in [2.45, 2.75) is 82.4 Å². The summed E-state index contributed by atoms with van der Waals surface area (Å²) in [6.45, 7) is 10.3. The van der Waals surface area contributed by atoms with Crippen LogP contribution in [0.5, 0.6) is 0 Å². The predicted octanol–water partition coefficient (Wildman–Crippen LogP) is 8.36. The van der Waals surface area contributed by atoms with Gasteiger partial charge in [-0.05, 0) is 76.3 Å². The Hall–Kier alpha value is -4.79. The topological polar surface area (TPSA) is 97.2 Å². The molecule has 0 aliphatic carbocycles. The summed E-state index contributed by atoms with van der Waals surface area (Å²) in [6.07, 6.45) is -5.26. The lowest BCUT2D eigenvalue weighted by atomic mass is 9.92. The molecule has 3 aliphatic rings. The number of alkyl halides is 3. The molecule has 7 rings (SSSR count). The molecular weight excluding hydrogens is 739 g/mol. The highest BCUT2D eigenvalue weighted by Gasteiger charge is 2.42. The van der Waals surface area contributed by atoms with Gasteiger partial charge in [-0.25, -0.2) is 18.8 Å². The zero-order valence-electron chi connectivity index (χ0n) is 31.2. The summed E-state index contributed by atoms with van der Waals surface area (Å²) >= 11 is 1.24. The van der Waals surface area contributed by atoms with Gasteiger partial charge < -0.3 is 24.2 Å². The van der Waals surface area contributed by atoms with E-state index in [1.165, 1.54) is 28.5 Å². The number of anilines is 1. The lowest BCUT2D eigenvalue weighted by Crippen LogP contribution is -2.59. The highest BCUT2D eigenvalue weighted by Crippen LogP contribution is 2.51. The van der Waals surface area contributed by atoms with Crippen molar-refractivity contribution in [2.24, 2.45) is 5.92 Å². The molecule has 0 radical (unpaired) electrons. The van der Waals surface area contributed by atoms with Crippen LogP contribution in [0.1, 0.15) is 58.2 Å². The second-order valence-electron chi connectivity index (χ2n) is 15.6. The maximum Gasteiger partial charge on any atom is 0.417 e. The molecule has 3 aromatic carbocycles. The van der Waals surface area contributed by atoms with Crippen LogP contribution < -0.4 is 10.6 Å². The van der Waals surface area contributed by atoms with Crippen LogP contribution in [-0.4, -0.2) is 81.2 Å². The van der Waals surface area contributed by atoms with Gasteiger partial charge >= 0.3 is 24.1 Å². The van der Waals surface area contributed by atoms with Gasteiger partial charge in [0.25, 0.3) is 0 Å². The molecule has 10 nitrogen and oxygen atoms in total. The first-order valence-corrected chi connectivity index (χ1v) is 19.3. The third kappa shape index (κ3) is 7.85. The molecule has 15 heteroatoms. The minimum Gasteiger partial charge on any atom is -0.445 e. The van der Waals surface area contributed by atoms with Crippen molar-refractivity contribution in [1.82, 2.24) is 19.4 Å². The average Bonchev–Trinajstić information content (AvgIpc) is 3.10. The molecule has 1 aromatic heterocycles. The van der Waals surface area contributed by atoms with Crippen LogP contribution in [0.2, 0.25) is 0 Å². The summed E-state index contributed by atoms with van der Waals surface area (Å²) in [5.74, 6) is -0.176. The van der Waals surface area contributed by atoms with Gasteiger partial charge in [0.15, 0.2) is 0 Å². The van der Waals surface area contributed by atoms with E-state index in [2.05, 4.69) is 4.98 Å². The molecule has 0 N–H and O–H groups in total. The number of ether oxygens (including phenoxy) is 2. The zero-order valence-corrected chi connectivity index (χ0v) is 32.0. The maximum atomic E-state index is 15.1. The Balaban J connectivity index is 1.26. The van der Waals surface area contributed by atoms with Crippen molar-refractivity contribution in [1.29, 1.82) is 0 Å². The Morgan fingerprint density at radius 2 is 1.62 bits per heavy atom. The normalized spacial score (nSPS) is 20.4. The van der Waals surface area contributed by atoms with Crippen LogP contribution in [0, 0.1) is 11.7 Å². The first kappa shape index (κ1) is 38.5. The van der Waals surface area contributed by atoms with E-state index in [4.69, 9.17) is 9.47 Å². The van der Waals surface area contributed by atoms with Crippen molar-refractivity contribution < 1.29 is 36.6 Å². The first-order chi connectivity index (χ1) is 26.0. The van der Waals surface area contributed by atoms with Crippen molar-refractivity contribution in [3.05, 3.63) is 88.1 Å². The number of benzene rings is 3. The van der Waals surface area contributed by atoms with Crippen LogP contribution in [0.15, 0.2) is 70.4 Å². The molecular formula is C40H43F4N5O5S. The SMILES string of the molecule is C[C@@H]1CN(c2nc(=O)n3c4c(c(-c5ccc(F)cc5)c(C(F)(F)F)cc24)SC[C@@H]3CC2CN(C(=O)OCc3ccccc3)C2)[C@@H](C)CN1C(=O)OC(C)(C)C. The molecule has 0 unspecified atom stereocenters. The first-order valence-electron chi connectivity index (χ1n) is 18.3. The zero-order chi connectivity index (χ0) is 39.4. The maximum absolute atomic E-state index is 15.1. The minimum atomic E-state index is -4.80. The summed E-state index contributed by atoms with van der Waals surface area (Å²) in [6, 6.07) is 14.0. The summed E-state index contributed by atoms with van der Waals surface area (Å²) < 4.78 is 72.0. The fraction of sp³-hybridized carbons (Fsp3) is 0.450. The summed E-state index contributed by atoms with van der Waals surface area (Å²) in [5.41, 5.74) is -1.00. The van der Waals surface area contributed by atoms with Gasteiger partial charge in [-0.3, -0.25) is 4.57 Å².